The molecule has 128 valence electrons. The van der Waals surface area contributed by atoms with Gasteiger partial charge in [-0.1, -0.05) is 35.3 Å². The van der Waals surface area contributed by atoms with E-state index in [1.807, 2.05) is 12.1 Å². The summed E-state index contributed by atoms with van der Waals surface area (Å²) in [6, 6.07) is 12.1. The van der Waals surface area contributed by atoms with Crippen LogP contribution < -0.4 is 10.1 Å². The van der Waals surface area contributed by atoms with Crippen LogP contribution in [0.3, 0.4) is 0 Å². The van der Waals surface area contributed by atoms with Crippen molar-refractivity contribution in [2.75, 3.05) is 6.26 Å². The van der Waals surface area contributed by atoms with Gasteiger partial charge in [0.05, 0.1) is 5.02 Å². The zero-order valence-corrected chi connectivity index (χ0v) is 15.5. The van der Waals surface area contributed by atoms with Crippen molar-refractivity contribution in [1.29, 1.82) is 0 Å². The molecule has 4 nitrogen and oxygen atoms in total. The highest BCUT2D eigenvalue weighted by Crippen LogP contribution is 2.28. The fraction of sp³-hybridized carbons (Fsp3) is 0.235. The molecule has 0 bridgehead atoms. The predicted molar refractivity (Wildman–Crippen MR) is 97.2 cm³/mol. The van der Waals surface area contributed by atoms with Gasteiger partial charge in [0, 0.05) is 33.5 Å². The molecule has 1 amide bonds. The second-order valence-corrected chi connectivity index (χ2v) is 7.37. The normalized spacial score (nSPS) is 13.2. The molecule has 0 aliphatic carbocycles. The van der Waals surface area contributed by atoms with Crippen LogP contribution in [-0.4, -0.2) is 22.5 Å². The molecule has 0 aliphatic rings. The standard InChI is InChI=1S/C17H17Cl2NO3S/c1-11(23-16-8-5-13(18)9-15(16)19)17(21)20-10-12-3-6-14(7-4-12)24(2)22/h3-9,11H,10H2,1-2H3,(H,20,21). The highest BCUT2D eigenvalue weighted by atomic mass is 35.5. The third-order valence-electron chi connectivity index (χ3n) is 3.29. The lowest BCUT2D eigenvalue weighted by Crippen LogP contribution is -2.35. The highest BCUT2D eigenvalue weighted by molar-refractivity contribution is 7.84. The summed E-state index contributed by atoms with van der Waals surface area (Å²) in [5.41, 5.74) is 0.911. The Bertz CT molecular complexity index is 750. The number of nitrogens with one attached hydrogen (secondary N) is 1. The third-order valence-corrected chi connectivity index (χ3v) is 4.76. The molecule has 2 atom stereocenters. The van der Waals surface area contributed by atoms with Gasteiger partial charge in [0.25, 0.3) is 5.91 Å². The van der Waals surface area contributed by atoms with Gasteiger partial charge >= 0.3 is 0 Å². The second kappa shape index (κ2) is 8.51. The topological polar surface area (TPSA) is 55.4 Å². The van der Waals surface area contributed by atoms with E-state index in [4.69, 9.17) is 27.9 Å². The van der Waals surface area contributed by atoms with Crippen molar-refractivity contribution in [2.45, 2.75) is 24.5 Å². The molecule has 0 aromatic heterocycles. The van der Waals surface area contributed by atoms with Crippen LogP contribution in [0, 0.1) is 0 Å². The average molecular weight is 386 g/mol. The molecule has 2 unspecified atom stereocenters. The number of hydrogen-bond donors (Lipinski definition) is 1. The van der Waals surface area contributed by atoms with Crippen molar-refractivity contribution < 1.29 is 13.7 Å². The smallest absolute Gasteiger partial charge is 0.261 e. The van der Waals surface area contributed by atoms with Gasteiger partial charge in [-0.3, -0.25) is 9.00 Å². The monoisotopic (exact) mass is 385 g/mol. The van der Waals surface area contributed by atoms with Gasteiger partial charge < -0.3 is 10.1 Å². The Morgan fingerprint density at radius 2 is 1.88 bits per heavy atom. The first kappa shape index (κ1) is 18.8. The van der Waals surface area contributed by atoms with E-state index in [0.717, 1.165) is 10.5 Å². The first-order valence-corrected chi connectivity index (χ1v) is 9.50. The Morgan fingerprint density at radius 3 is 2.46 bits per heavy atom. The number of carbonyl (C=O) groups is 1. The van der Waals surface area contributed by atoms with Crippen molar-refractivity contribution in [3.05, 3.63) is 58.1 Å². The Hall–Kier alpha value is -1.56. The summed E-state index contributed by atoms with van der Waals surface area (Å²) in [5, 5.41) is 3.64. The van der Waals surface area contributed by atoms with E-state index >= 15 is 0 Å². The summed E-state index contributed by atoms with van der Waals surface area (Å²) in [6.45, 7) is 2.00. The van der Waals surface area contributed by atoms with Crippen LogP contribution in [0.25, 0.3) is 0 Å². The van der Waals surface area contributed by atoms with Crippen molar-refractivity contribution in [1.82, 2.24) is 5.32 Å². The van der Waals surface area contributed by atoms with E-state index in [2.05, 4.69) is 5.32 Å². The lowest BCUT2D eigenvalue weighted by Gasteiger charge is -2.16. The lowest BCUT2D eigenvalue weighted by atomic mass is 10.2. The molecule has 7 heteroatoms. The van der Waals surface area contributed by atoms with Gasteiger partial charge in [0.15, 0.2) is 6.10 Å². The van der Waals surface area contributed by atoms with Crippen LogP contribution >= 0.6 is 23.2 Å². The van der Waals surface area contributed by atoms with Crippen LogP contribution in [-0.2, 0) is 22.1 Å². The van der Waals surface area contributed by atoms with Gasteiger partial charge in [-0.15, -0.1) is 0 Å². The van der Waals surface area contributed by atoms with E-state index < -0.39 is 16.9 Å². The van der Waals surface area contributed by atoms with Crippen molar-refractivity contribution in [3.8, 4) is 5.75 Å². The summed E-state index contributed by atoms with van der Waals surface area (Å²) in [6.07, 6.45) is 0.920. The molecule has 2 aromatic carbocycles. The lowest BCUT2D eigenvalue weighted by molar-refractivity contribution is -0.127. The molecular formula is C17H17Cl2NO3S. The van der Waals surface area contributed by atoms with Gasteiger partial charge in [-0.25, -0.2) is 0 Å². The molecule has 1 N–H and O–H groups in total. The van der Waals surface area contributed by atoms with Gasteiger partial charge in [-0.2, -0.15) is 0 Å². The Kier molecular flexibility index (Phi) is 6.66. The first-order valence-electron chi connectivity index (χ1n) is 7.18. The molecule has 0 radical (unpaired) electrons. The molecule has 2 rings (SSSR count). The van der Waals surface area contributed by atoms with Crippen molar-refractivity contribution in [2.24, 2.45) is 0 Å². The predicted octanol–water partition coefficient (Wildman–Crippen LogP) is 3.81. The maximum Gasteiger partial charge on any atom is 0.261 e. The minimum absolute atomic E-state index is 0.260. The molecule has 0 heterocycles. The Morgan fingerprint density at radius 1 is 1.21 bits per heavy atom. The van der Waals surface area contributed by atoms with Crippen LogP contribution in [0.2, 0.25) is 10.0 Å². The fourth-order valence-electron chi connectivity index (χ4n) is 1.95. The average Bonchev–Trinajstić information content (AvgIpc) is 2.55. The van der Waals surface area contributed by atoms with Crippen LogP contribution in [0.4, 0.5) is 0 Å². The summed E-state index contributed by atoms with van der Waals surface area (Å²) in [5.74, 6) is 0.141. The number of hydrogen-bond acceptors (Lipinski definition) is 3. The van der Waals surface area contributed by atoms with E-state index in [-0.39, 0.29) is 5.91 Å². The SMILES string of the molecule is CC(Oc1ccc(Cl)cc1Cl)C(=O)NCc1ccc(S(C)=O)cc1. The zero-order valence-electron chi connectivity index (χ0n) is 13.2. The van der Waals surface area contributed by atoms with Crippen molar-refractivity contribution in [3.63, 3.8) is 0 Å². The number of benzene rings is 2. The summed E-state index contributed by atoms with van der Waals surface area (Å²) in [7, 11) is -1.01. The van der Waals surface area contributed by atoms with Crippen molar-refractivity contribution >= 4 is 39.9 Å². The molecule has 24 heavy (non-hydrogen) atoms. The number of rotatable bonds is 6. The van der Waals surface area contributed by atoms with E-state index in [1.165, 1.54) is 0 Å². The number of ether oxygens (including phenoxy) is 1. The highest BCUT2D eigenvalue weighted by Gasteiger charge is 2.16. The summed E-state index contributed by atoms with van der Waals surface area (Å²) in [4.78, 5) is 12.9. The third kappa shape index (κ3) is 5.23. The zero-order chi connectivity index (χ0) is 17.7. The van der Waals surface area contributed by atoms with E-state index in [9.17, 15) is 9.00 Å². The van der Waals surface area contributed by atoms with Gasteiger partial charge in [0.1, 0.15) is 5.75 Å². The molecule has 2 aromatic rings. The van der Waals surface area contributed by atoms with Crippen LogP contribution in [0.5, 0.6) is 5.75 Å². The minimum Gasteiger partial charge on any atom is -0.479 e. The molecule has 0 spiro atoms. The number of amides is 1. The fourth-order valence-corrected chi connectivity index (χ4v) is 2.92. The molecular weight excluding hydrogens is 369 g/mol. The maximum atomic E-state index is 12.1. The molecule has 0 saturated carbocycles. The van der Waals surface area contributed by atoms with E-state index in [0.29, 0.717) is 22.3 Å². The van der Waals surface area contributed by atoms with Gasteiger partial charge in [-0.05, 0) is 42.8 Å². The second-order valence-electron chi connectivity index (χ2n) is 5.15. The minimum atomic E-state index is -1.01. The van der Waals surface area contributed by atoms with Crippen LogP contribution in [0.1, 0.15) is 12.5 Å². The largest absolute Gasteiger partial charge is 0.479 e. The summed E-state index contributed by atoms with van der Waals surface area (Å²) < 4.78 is 16.9. The van der Waals surface area contributed by atoms with Gasteiger partial charge in [0.2, 0.25) is 0 Å². The van der Waals surface area contributed by atoms with Crippen LogP contribution in [0.15, 0.2) is 47.4 Å². The Labute approximate surface area is 153 Å². The number of carbonyl (C=O) groups excluding carboxylic acids is 1. The Balaban J connectivity index is 1.90. The number of halogens is 2. The maximum absolute atomic E-state index is 12.1. The molecule has 0 fully saturated rings. The van der Waals surface area contributed by atoms with E-state index in [1.54, 1.807) is 43.5 Å². The quantitative estimate of drug-likeness (QED) is 0.822. The first-order chi connectivity index (χ1) is 11.4. The summed E-state index contributed by atoms with van der Waals surface area (Å²) >= 11 is 11.9. The molecule has 0 aliphatic heterocycles. The molecule has 0 saturated heterocycles.